The van der Waals surface area contributed by atoms with Crippen LogP contribution in [-0.2, 0) is 9.53 Å². The van der Waals surface area contributed by atoms with Gasteiger partial charge in [0.15, 0.2) is 0 Å². The number of carboxylic acids is 1. The van der Waals surface area contributed by atoms with E-state index in [1.807, 2.05) is 0 Å². The molecular weight excluding hydrogens is 234 g/mol. The van der Waals surface area contributed by atoms with Crippen molar-refractivity contribution in [1.29, 1.82) is 0 Å². The number of benzene rings is 1. The van der Waals surface area contributed by atoms with E-state index in [0.29, 0.717) is 22.4 Å². The van der Waals surface area contributed by atoms with Crippen molar-refractivity contribution in [2.24, 2.45) is 0 Å². The van der Waals surface area contributed by atoms with Gasteiger partial charge in [-0.15, -0.1) is 0 Å². The number of nitrogen functional groups attached to an aromatic ring is 1. The first-order chi connectivity index (χ1) is 8.45. The van der Waals surface area contributed by atoms with Crippen LogP contribution in [0.3, 0.4) is 0 Å². The Labute approximate surface area is 105 Å². The van der Waals surface area contributed by atoms with Gasteiger partial charge in [-0.1, -0.05) is 11.8 Å². The third-order valence-corrected chi connectivity index (χ3v) is 2.33. The molecule has 0 aliphatic heterocycles. The second kappa shape index (κ2) is 5.73. The highest BCUT2D eigenvalue weighted by molar-refractivity contribution is 5.93. The van der Waals surface area contributed by atoms with Gasteiger partial charge in [0, 0.05) is 11.3 Å². The number of methoxy groups -OCH3 is 1. The van der Waals surface area contributed by atoms with Gasteiger partial charge in [0.2, 0.25) is 0 Å². The largest absolute Gasteiger partial charge is 0.481 e. The molecule has 1 aromatic carbocycles. The summed E-state index contributed by atoms with van der Waals surface area (Å²) in [6, 6.07) is 3.13. The van der Waals surface area contributed by atoms with Crippen LogP contribution in [0.25, 0.3) is 0 Å². The third kappa shape index (κ3) is 3.25. The maximum absolute atomic E-state index is 11.5. The number of aliphatic carboxylic acids is 1. The zero-order valence-electron chi connectivity index (χ0n) is 10.1. The van der Waals surface area contributed by atoms with Crippen molar-refractivity contribution in [3.05, 3.63) is 28.8 Å². The van der Waals surface area contributed by atoms with Gasteiger partial charge < -0.3 is 15.6 Å². The Balaban J connectivity index is 3.15. The van der Waals surface area contributed by atoms with E-state index < -0.39 is 11.9 Å². The molecule has 94 valence electrons. The molecule has 1 rings (SSSR count). The SMILES string of the molecule is COC(=O)c1cc(C#CCC(=O)O)cc(N)c1C. The van der Waals surface area contributed by atoms with Crippen LogP contribution in [0.4, 0.5) is 5.69 Å². The van der Waals surface area contributed by atoms with Crippen LogP contribution < -0.4 is 5.73 Å². The van der Waals surface area contributed by atoms with Crippen LogP contribution in [0.2, 0.25) is 0 Å². The summed E-state index contributed by atoms with van der Waals surface area (Å²) in [4.78, 5) is 21.8. The number of carbonyl (C=O) groups is 2. The number of carboxylic acid groups (broad SMARTS) is 1. The molecule has 0 aliphatic carbocycles. The summed E-state index contributed by atoms with van der Waals surface area (Å²) in [5.74, 6) is 3.62. The summed E-state index contributed by atoms with van der Waals surface area (Å²) >= 11 is 0. The molecule has 0 aliphatic rings. The Hall–Kier alpha value is -2.48. The number of rotatable bonds is 2. The Morgan fingerprint density at radius 1 is 1.44 bits per heavy atom. The molecule has 0 spiro atoms. The number of anilines is 1. The van der Waals surface area contributed by atoms with E-state index in [-0.39, 0.29) is 6.42 Å². The number of esters is 1. The zero-order chi connectivity index (χ0) is 13.7. The van der Waals surface area contributed by atoms with Crippen LogP contribution in [0.15, 0.2) is 12.1 Å². The van der Waals surface area contributed by atoms with Crippen LogP contribution in [-0.4, -0.2) is 24.2 Å². The van der Waals surface area contributed by atoms with Crippen molar-refractivity contribution in [2.75, 3.05) is 12.8 Å². The molecule has 0 radical (unpaired) electrons. The molecule has 1 aromatic rings. The van der Waals surface area contributed by atoms with E-state index in [0.717, 1.165) is 0 Å². The molecule has 0 heterocycles. The van der Waals surface area contributed by atoms with Crippen LogP contribution >= 0.6 is 0 Å². The molecule has 0 saturated carbocycles. The second-order valence-corrected chi connectivity index (χ2v) is 3.60. The van der Waals surface area contributed by atoms with Gasteiger partial charge in [-0.05, 0) is 24.6 Å². The number of hydrogen-bond acceptors (Lipinski definition) is 4. The minimum absolute atomic E-state index is 0.263. The van der Waals surface area contributed by atoms with Crippen molar-refractivity contribution >= 4 is 17.6 Å². The third-order valence-electron chi connectivity index (χ3n) is 2.33. The lowest BCUT2D eigenvalue weighted by atomic mass is 10.0. The molecule has 0 fully saturated rings. The normalized spacial score (nSPS) is 9.22. The Morgan fingerprint density at radius 3 is 2.67 bits per heavy atom. The van der Waals surface area contributed by atoms with Crippen molar-refractivity contribution in [2.45, 2.75) is 13.3 Å². The van der Waals surface area contributed by atoms with Gasteiger partial charge in [-0.25, -0.2) is 4.79 Å². The lowest BCUT2D eigenvalue weighted by Crippen LogP contribution is -2.06. The van der Waals surface area contributed by atoms with Crippen LogP contribution in [0.1, 0.15) is 27.9 Å². The Morgan fingerprint density at radius 2 is 2.11 bits per heavy atom. The Kier molecular flexibility index (Phi) is 4.33. The number of ether oxygens (including phenoxy) is 1. The van der Waals surface area contributed by atoms with E-state index in [9.17, 15) is 9.59 Å². The average Bonchev–Trinajstić information content (AvgIpc) is 2.32. The lowest BCUT2D eigenvalue weighted by Gasteiger charge is -2.07. The first-order valence-electron chi connectivity index (χ1n) is 5.14. The molecule has 0 bridgehead atoms. The summed E-state index contributed by atoms with van der Waals surface area (Å²) in [5, 5.41) is 8.47. The van der Waals surface area contributed by atoms with E-state index >= 15 is 0 Å². The fraction of sp³-hybridized carbons (Fsp3) is 0.231. The van der Waals surface area contributed by atoms with Crippen molar-refractivity contribution in [3.63, 3.8) is 0 Å². The molecule has 0 unspecified atom stereocenters. The zero-order valence-corrected chi connectivity index (χ0v) is 10.1. The van der Waals surface area contributed by atoms with Gasteiger partial charge in [0.05, 0.1) is 12.7 Å². The maximum atomic E-state index is 11.5. The van der Waals surface area contributed by atoms with Crippen molar-refractivity contribution in [1.82, 2.24) is 0 Å². The summed E-state index contributed by atoms with van der Waals surface area (Å²) in [7, 11) is 1.28. The summed E-state index contributed by atoms with van der Waals surface area (Å²) < 4.78 is 4.63. The first-order valence-corrected chi connectivity index (χ1v) is 5.14. The van der Waals surface area contributed by atoms with E-state index in [2.05, 4.69) is 16.6 Å². The minimum Gasteiger partial charge on any atom is -0.481 e. The molecule has 0 amide bonds. The second-order valence-electron chi connectivity index (χ2n) is 3.60. The lowest BCUT2D eigenvalue weighted by molar-refractivity contribution is -0.135. The van der Waals surface area contributed by atoms with E-state index in [4.69, 9.17) is 10.8 Å². The summed E-state index contributed by atoms with van der Waals surface area (Å²) in [6.45, 7) is 1.70. The number of nitrogens with two attached hydrogens (primary N) is 1. The molecule has 0 atom stereocenters. The summed E-state index contributed by atoms with van der Waals surface area (Å²) in [5.41, 5.74) is 7.60. The standard InChI is InChI=1S/C13H13NO4/c1-8-10(13(17)18-2)6-9(7-11(8)14)4-3-5-12(15)16/h6-7H,5,14H2,1-2H3,(H,15,16). The molecular formula is C13H13NO4. The highest BCUT2D eigenvalue weighted by atomic mass is 16.5. The van der Waals surface area contributed by atoms with Crippen molar-refractivity contribution in [3.8, 4) is 11.8 Å². The van der Waals surface area contributed by atoms with Crippen LogP contribution in [0.5, 0.6) is 0 Å². The van der Waals surface area contributed by atoms with Gasteiger partial charge in [0.1, 0.15) is 6.42 Å². The molecule has 18 heavy (non-hydrogen) atoms. The average molecular weight is 247 g/mol. The molecule has 3 N–H and O–H groups in total. The highest BCUT2D eigenvalue weighted by Crippen LogP contribution is 2.19. The van der Waals surface area contributed by atoms with Gasteiger partial charge in [-0.3, -0.25) is 4.79 Å². The topological polar surface area (TPSA) is 89.6 Å². The quantitative estimate of drug-likeness (QED) is 0.465. The monoisotopic (exact) mass is 247 g/mol. The molecule has 5 heteroatoms. The van der Waals surface area contributed by atoms with E-state index in [1.165, 1.54) is 13.2 Å². The van der Waals surface area contributed by atoms with E-state index in [1.54, 1.807) is 13.0 Å². The first kappa shape index (κ1) is 13.6. The predicted molar refractivity (Wildman–Crippen MR) is 66.1 cm³/mol. The van der Waals surface area contributed by atoms with Gasteiger partial charge >= 0.3 is 11.9 Å². The predicted octanol–water partition coefficient (Wildman–Crippen LogP) is 1.19. The molecule has 0 aromatic heterocycles. The maximum Gasteiger partial charge on any atom is 0.338 e. The highest BCUT2D eigenvalue weighted by Gasteiger charge is 2.12. The fourth-order valence-corrected chi connectivity index (χ4v) is 1.35. The summed E-state index contributed by atoms with van der Waals surface area (Å²) in [6.07, 6.45) is -0.263. The van der Waals surface area contributed by atoms with Gasteiger partial charge in [-0.2, -0.15) is 0 Å². The van der Waals surface area contributed by atoms with Gasteiger partial charge in [0.25, 0.3) is 0 Å². The Bertz CT molecular complexity index is 552. The number of hydrogen-bond donors (Lipinski definition) is 2. The molecule has 0 saturated heterocycles. The number of carbonyl (C=O) groups excluding carboxylic acids is 1. The molecule has 5 nitrogen and oxygen atoms in total. The van der Waals surface area contributed by atoms with Crippen LogP contribution in [0, 0.1) is 18.8 Å². The van der Waals surface area contributed by atoms with Crippen molar-refractivity contribution < 1.29 is 19.4 Å². The smallest absolute Gasteiger partial charge is 0.338 e. The minimum atomic E-state index is -1.00. The fourth-order valence-electron chi connectivity index (χ4n) is 1.35.